The monoisotopic (exact) mass is 496 g/mol. The van der Waals surface area contributed by atoms with Gasteiger partial charge in [-0.25, -0.2) is 9.38 Å². The van der Waals surface area contributed by atoms with Gasteiger partial charge in [0.15, 0.2) is 16.7 Å². The van der Waals surface area contributed by atoms with Crippen LogP contribution in [0.3, 0.4) is 0 Å². The van der Waals surface area contributed by atoms with Gasteiger partial charge in [-0.3, -0.25) is 4.79 Å². The Labute approximate surface area is 206 Å². The molecule has 34 heavy (non-hydrogen) atoms. The smallest absolute Gasteiger partial charge is 0.264 e. The van der Waals surface area contributed by atoms with Crippen molar-refractivity contribution in [1.29, 1.82) is 0 Å². The van der Waals surface area contributed by atoms with Crippen LogP contribution in [0.4, 0.5) is 10.1 Å². The molecule has 0 bridgehead atoms. The lowest BCUT2D eigenvalue weighted by Gasteiger charge is -2.13. The van der Waals surface area contributed by atoms with Gasteiger partial charge < -0.3 is 14.8 Å². The lowest BCUT2D eigenvalue weighted by Crippen LogP contribution is -2.19. The Balaban J connectivity index is 1.52. The summed E-state index contributed by atoms with van der Waals surface area (Å²) < 4.78 is 25.0. The number of halogens is 2. The number of amidine groups is 1. The Hall–Kier alpha value is -3.29. The first-order valence-corrected chi connectivity index (χ1v) is 11.8. The van der Waals surface area contributed by atoms with Gasteiger partial charge in [-0.2, -0.15) is 0 Å². The molecule has 1 aliphatic heterocycles. The lowest BCUT2D eigenvalue weighted by atomic mass is 10.2. The molecule has 1 amide bonds. The molecule has 0 aromatic heterocycles. The summed E-state index contributed by atoms with van der Waals surface area (Å²) in [5, 5.41) is 3.86. The summed E-state index contributed by atoms with van der Waals surface area (Å²) in [5.41, 5.74) is 3.16. The topological polar surface area (TPSA) is 59.9 Å². The van der Waals surface area contributed by atoms with Crippen LogP contribution in [-0.4, -0.2) is 17.7 Å². The molecule has 3 aromatic rings. The third-order valence-electron chi connectivity index (χ3n) is 4.89. The Bertz CT molecular complexity index is 1290. The molecular formula is C26H22ClFN2O3S. The number of hydrogen-bond acceptors (Lipinski definition) is 5. The quantitative estimate of drug-likeness (QED) is 0.372. The van der Waals surface area contributed by atoms with Gasteiger partial charge in [-0.1, -0.05) is 35.9 Å². The highest BCUT2D eigenvalue weighted by Gasteiger charge is 2.24. The third-order valence-corrected chi connectivity index (χ3v) is 6.04. The van der Waals surface area contributed by atoms with Crippen molar-refractivity contribution in [3.8, 4) is 11.5 Å². The lowest BCUT2D eigenvalue weighted by molar-refractivity contribution is -0.115. The average Bonchev–Trinajstić information content (AvgIpc) is 3.14. The summed E-state index contributed by atoms with van der Waals surface area (Å²) in [6, 6.07) is 17.1. The summed E-state index contributed by atoms with van der Waals surface area (Å²) in [7, 11) is 0. The molecule has 174 valence electrons. The highest BCUT2D eigenvalue weighted by Crippen LogP contribution is 2.33. The summed E-state index contributed by atoms with van der Waals surface area (Å²) in [6.45, 7) is 4.46. The Kier molecular flexibility index (Phi) is 7.55. The van der Waals surface area contributed by atoms with Gasteiger partial charge >= 0.3 is 0 Å². The predicted octanol–water partition coefficient (Wildman–Crippen LogP) is 6.66. The van der Waals surface area contributed by atoms with E-state index in [0.717, 1.165) is 16.7 Å². The molecule has 4 rings (SSSR count). The number of nitrogens with zero attached hydrogens (tertiary/aromatic N) is 1. The highest BCUT2D eigenvalue weighted by atomic mass is 35.5. The van der Waals surface area contributed by atoms with Crippen LogP contribution in [0.2, 0.25) is 5.02 Å². The van der Waals surface area contributed by atoms with Gasteiger partial charge in [0.2, 0.25) is 0 Å². The fraction of sp³-hybridized carbons (Fsp3) is 0.154. The van der Waals surface area contributed by atoms with Crippen LogP contribution < -0.4 is 14.8 Å². The molecule has 3 aromatic carbocycles. The van der Waals surface area contributed by atoms with E-state index >= 15 is 0 Å². The normalized spacial score (nSPS) is 15.6. The molecule has 1 fully saturated rings. The molecule has 1 N–H and O–H groups in total. The molecular weight excluding hydrogens is 475 g/mol. The van der Waals surface area contributed by atoms with Crippen molar-refractivity contribution in [3.63, 3.8) is 0 Å². The number of carbonyl (C=O) groups excluding carboxylic acids is 1. The molecule has 1 saturated heterocycles. The van der Waals surface area contributed by atoms with E-state index in [1.165, 1.54) is 23.9 Å². The van der Waals surface area contributed by atoms with Crippen LogP contribution in [0.15, 0.2) is 70.6 Å². The standard InChI is InChI=1S/C26H22ClFN2O3S/c1-3-32-23-12-17(8-10-22(23)33-15-18-5-4-6-20(28)11-18)13-24-25(31)30-26(34-24)29-21-14-19(27)9-7-16(21)2/h4-14H,3,15H2,1-2H3,(H,29,30,31)/b24-13-. The van der Waals surface area contributed by atoms with E-state index in [4.69, 9.17) is 21.1 Å². The number of benzene rings is 3. The maximum absolute atomic E-state index is 13.4. The Morgan fingerprint density at radius 2 is 1.94 bits per heavy atom. The van der Waals surface area contributed by atoms with E-state index in [1.54, 1.807) is 36.4 Å². The fourth-order valence-electron chi connectivity index (χ4n) is 3.23. The summed E-state index contributed by atoms with van der Waals surface area (Å²) in [5.74, 6) is 0.539. The summed E-state index contributed by atoms with van der Waals surface area (Å²) in [6.07, 6.45) is 1.77. The molecule has 0 unspecified atom stereocenters. The average molecular weight is 497 g/mol. The number of ether oxygens (including phenoxy) is 2. The van der Waals surface area contributed by atoms with Gasteiger partial charge in [0.1, 0.15) is 12.4 Å². The summed E-state index contributed by atoms with van der Waals surface area (Å²) in [4.78, 5) is 17.5. The predicted molar refractivity (Wildman–Crippen MR) is 135 cm³/mol. The van der Waals surface area contributed by atoms with Crippen molar-refractivity contribution in [2.45, 2.75) is 20.5 Å². The van der Waals surface area contributed by atoms with Gasteiger partial charge in [0.05, 0.1) is 17.2 Å². The minimum atomic E-state index is -0.311. The van der Waals surface area contributed by atoms with Crippen molar-refractivity contribution in [2.24, 2.45) is 4.99 Å². The maximum atomic E-state index is 13.4. The van der Waals surface area contributed by atoms with E-state index in [9.17, 15) is 9.18 Å². The molecule has 0 atom stereocenters. The van der Waals surface area contributed by atoms with Crippen LogP contribution in [-0.2, 0) is 11.4 Å². The second kappa shape index (κ2) is 10.8. The SMILES string of the molecule is CCOc1cc(/C=C2\SC(=Nc3cc(Cl)ccc3C)NC2=O)ccc1OCc1cccc(F)c1. The van der Waals surface area contributed by atoms with Crippen molar-refractivity contribution < 1.29 is 18.7 Å². The summed E-state index contributed by atoms with van der Waals surface area (Å²) >= 11 is 7.33. The van der Waals surface area contributed by atoms with Gasteiger partial charge in [0, 0.05) is 5.02 Å². The largest absolute Gasteiger partial charge is 0.490 e. The number of amides is 1. The number of hydrogen-bond donors (Lipinski definition) is 1. The van der Waals surface area contributed by atoms with E-state index in [-0.39, 0.29) is 18.3 Å². The second-order valence-electron chi connectivity index (χ2n) is 7.47. The van der Waals surface area contributed by atoms with Gasteiger partial charge in [0.25, 0.3) is 5.91 Å². The number of nitrogens with one attached hydrogen (secondary N) is 1. The second-order valence-corrected chi connectivity index (χ2v) is 8.94. The van der Waals surface area contributed by atoms with Crippen molar-refractivity contribution in [1.82, 2.24) is 5.32 Å². The molecule has 0 spiro atoms. The number of thioether (sulfide) groups is 1. The fourth-order valence-corrected chi connectivity index (χ4v) is 4.24. The zero-order chi connectivity index (χ0) is 24.1. The third kappa shape index (κ3) is 5.98. The minimum absolute atomic E-state index is 0.208. The van der Waals surface area contributed by atoms with Crippen LogP contribution in [0.1, 0.15) is 23.6 Å². The number of carbonyl (C=O) groups is 1. The zero-order valence-electron chi connectivity index (χ0n) is 18.6. The minimum Gasteiger partial charge on any atom is -0.490 e. The zero-order valence-corrected chi connectivity index (χ0v) is 20.2. The first-order chi connectivity index (χ1) is 16.4. The van der Waals surface area contributed by atoms with Crippen LogP contribution in [0, 0.1) is 12.7 Å². The molecule has 0 radical (unpaired) electrons. The van der Waals surface area contributed by atoms with E-state index in [0.29, 0.717) is 38.9 Å². The number of rotatable bonds is 7. The Morgan fingerprint density at radius 1 is 1.09 bits per heavy atom. The molecule has 0 aliphatic carbocycles. The van der Waals surface area contributed by atoms with E-state index in [1.807, 2.05) is 32.0 Å². The number of aryl methyl sites for hydroxylation is 1. The highest BCUT2D eigenvalue weighted by molar-refractivity contribution is 8.18. The molecule has 5 nitrogen and oxygen atoms in total. The van der Waals surface area contributed by atoms with Crippen LogP contribution in [0.25, 0.3) is 6.08 Å². The molecule has 1 aliphatic rings. The maximum Gasteiger partial charge on any atom is 0.264 e. The first kappa shape index (κ1) is 23.9. The van der Waals surface area contributed by atoms with Gasteiger partial charge in [-0.05, 0) is 84.8 Å². The van der Waals surface area contributed by atoms with Crippen molar-refractivity contribution in [3.05, 3.63) is 93.1 Å². The Morgan fingerprint density at radius 3 is 2.74 bits per heavy atom. The van der Waals surface area contributed by atoms with E-state index < -0.39 is 0 Å². The molecule has 8 heteroatoms. The van der Waals surface area contributed by atoms with Crippen LogP contribution in [0.5, 0.6) is 11.5 Å². The molecule has 0 saturated carbocycles. The molecule has 1 heterocycles. The van der Waals surface area contributed by atoms with Crippen molar-refractivity contribution >= 4 is 46.2 Å². The van der Waals surface area contributed by atoms with E-state index in [2.05, 4.69) is 10.3 Å². The van der Waals surface area contributed by atoms with Gasteiger partial charge in [-0.15, -0.1) is 0 Å². The first-order valence-electron chi connectivity index (χ1n) is 10.6. The van der Waals surface area contributed by atoms with Crippen molar-refractivity contribution in [2.75, 3.05) is 6.61 Å². The number of aliphatic imine (C=N–C) groups is 1. The van der Waals surface area contributed by atoms with Crippen LogP contribution >= 0.6 is 23.4 Å².